The molecule has 0 radical (unpaired) electrons. The van der Waals surface area contributed by atoms with Gasteiger partial charge in [-0.1, -0.05) is 12.1 Å². The number of fused-ring (bicyclic) bond motifs is 1. The van der Waals surface area contributed by atoms with Crippen molar-refractivity contribution in [3.05, 3.63) is 30.3 Å². The number of hydrogen-bond donors (Lipinski definition) is 2. The molecular weight excluding hydrogens is 302 g/mol. The lowest BCUT2D eigenvalue weighted by molar-refractivity contribution is 0.340. The van der Waals surface area contributed by atoms with E-state index in [9.17, 15) is 0 Å². The molecule has 4 rings (SSSR count). The lowest BCUT2D eigenvalue weighted by Crippen LogP contribution is -2.40. The van der Waals surface area contributed by atoms with Gasteiger partial charge in [0.1, 0.15) is 11.6 Å². The van der Waals surface area contributed by atoms with Gasteiger partial charge >= 0.3 is 0 Å². The molecule has 2 aliphatic heterocycles. The van der Waals surface area contributed by atoms with Crippen LogP contribution in [0.2, 0.25) is 0 Å². The normalized spacial score (nSPS) is 23.1. The Balaban J connectivity index is 1.64. The fourth-order valence-electron chi connectivity index (χ4n) is 3.78. The number of aromatic nitrogens is 2. The molecule has 2 unspecified atom stereocenters. The van der Waals surface area contributed by atoms with Crippen molar-refractivity contribution < 1.29 is 4.74 Å². The Morgan fingerprint density at radius 2 is 2.17 bits per heavy atom. The van der Waals surface area contributed by atoms with E-state index in [-0.39, 0.29) is 0 Å². The van der Waals surface area contributed by atoms with E-state index in [1.807, 2.05) is 30.3 Å². The Labute approximate surface area is 142 Å². The molecular formula is C18H23N5O. The number of methoxy groups -OCH3 is 1. The number of rotatable bonds is 3. The fraction of sp³-hybridized carbons (Fsp3) is 0.444. The maximum Gasteiger partial charge on any atom is 0.222 e. The van der Waals surface area contributed by atoms with Gasteiger partial charge in [0.05, 0.1) is 12.8 Å². The van der Waals surface area contributed by atoms with Crippen LogP contribution < -0.4 is 20.7 Å². The number of benzene rings is 1. The summed E-state index contributed by atoms with van der Waals surface area (Å²) in [6, 6.07) is 10.5. The van der Waals surface area contributed by atoms with E-state index in [1.54, 1.807) is 7.11 Å². The number of piperidine rings is 1. The molecule has 0 bridgehead atoms. The van der Waals surface area contributed by atoms with Gasteiger partial charge in [0, 0.05) is 30.8 Å². The number of nitrogens with one attached hydrogen (secondary N) is 1. The van der Waals surface area contributed by atoms with Crippen LogP contribution in [-0.4, -0.2) is 42.8 Å². The molecule has 2 saturated heterocycles. The van der Waals surface area contributed by atoms with Crippen LogP contribution in [0.25, 0.3) is 11.3 Å². The second-order valence-electron chi connectivity index (χ2n) is 6.57. The average Bonchev–Trinajstić information content (AvgIpc) is 3.05. The quantitative estimate of drug-likeness (QED) is 0.898. The zero-order chi connectivity index (χ0) is 16.5. The Morgan fingerprint density at radius 3 is 3.00 bits per heavy atom. The fourth-order valence-corrected chi connectivity index (χ4v) is 3.78. The molecule has 2 aromatic rings. The minimum atomic E-state index is 0.313. The third-order valence-electron chi connectivity index (χ3n) is 5.02. The first-order valence-electron chi connectivity index (χ1n) is 8.50. The van der Waals surface area contributed by atoms with Crippen molar-refractivity contribution in [3.63, 3.8) is 0 Å². The summed E-state index contributed by atoms with van der Waals surface area (Å²) in [5, 5.41) is 3.62. The molecule has 6 heteroatoms. The van der Waals surface area contributed by atoms with Gasteiger partial charge in [-0.05, 0) is 37.4 Å². The number of nitrogens with two attached hydrogens (primary N) is 1. The van der Waals surface area contributed by atoms with Gasteiger partial charge in [-0.15, -0.1) is 0 Å². The van der Waals surface area contributed by atoms with Gasteiger partial charge in [0.25, 0.3) is 0 Å². The van der Waals surface area contributed by atoms with Crippen LogP contribution in [0.5, 0.6) is 5.75 Å². The van der Waals surface area contributed by atoms with Crippen molar-refractivity contribution in [2.75, 3.05) is 37.4 Å². The Bertz CT molecular complexity index is 721. The van der Waals surface area contributed by atoms with Crippen LogP contribution in [0.3, 0.4) is 0 Å². The second kappa shape index (κ2) is 6.28. The SMILES string of the molecule is COc1cccc(-c2cc(N3CC4CCCNC4C3)nc(N)n2)c1. The summed E-state index contributed by atoms with van der Waals surface area (Å²) >= 11 is 0. The van der Waals surface area contributed by atoms with Crippen molar-refractivity contribution in [2.24, 2.45) is 5.92 Å². The first-order valence-corrected chi connectivity index (χ1v) is 8.50. The van der Waals surface area contributed by atoms with E-state index >= 15 is 0 Å². The van der Waals surface area contributed by atoms with Crippen LogP contribution in [0, 0.1) is 5.92 Å². The predicted octanol–water partition coefficient (Wildman–Crippen LogP) is 1.92. The van der Waals surface area contributed by atoms with Gasteiger partial charge in [0.15, 0.2) is 0 Å². The molecule has 2 fully saturated rings. The molecule has 0 aliphatic carbocycles. The van der Waals surface area contributed by atoms with Crippen LogP contribution in [0.1, 0.15) is 12.8 Å². The Hall–Kier alpha value is -2.34. The molecule has 0 spiro atoms. The van der Waals surface area contributed by atoms with E-state index in [2.05, 4.69) is 20.2 Å². The molecule has 3 N–H and O–H groups in total. The smallest absolute Gasteiger partial charge is 0.222 e. The van der Waals surface area contributed by atoms with Crippen molar-refractivity contribution in [2.45, 2.75) is 18.9 Å². The maximum absolute atomic E-state index is 5.99. The molecule has 3 heterocycles. The summed E-state index contributed by atoms with van der Waals surface area (Å²) < 4.78 is 5.31. The summed E-state index contributed by atoms with van der Waals surface area (Å²) in [7, 11) is 1.66. The van der Waals surface area contributed by atoms with Crippen LogP contribution >= 0.6 is 0 Å². The van der Waals surface area contributed by atoms with Crippen molar-refractivity contribution in [1.29, 1.82) is 0 Å². The number of ether oxygens (including phenoxy) is 1. The third-order valence-corrected chi connectivity index (χ3v) is 5.02. The van der Waals surface area contributed by atoms with Crippen molar-refractivity contribution >= 4 is 11.8 Å². The molecule has 126 valence electrons. The lowest BCUT2D eigenvalue weighted by Gasteiger charge is -2.24. The van der Waals surface area contributed by atoms with Crippen LogP contribution in [0.15, 0.2) is 30.3 Å². The van der Waals surface area contributed by atoms with E-state index < -0.39 is 0 Å². The molecule has 1 aromatic heterocycles. The molecule has 2 atom stereocenters. The predicted molar refractivity (Wildman–Crippen MR) is 95.2 cm³/mol. The van der Waals surface area contributed by atoms with E-state index in [0.29, 0.717) is 17.9 Å². The van der Waals surface area contributed by atoms with Gasteiger partial charge in [0.2, 0.25) is 5.95 Å². The monoisotopic (exact) mass is 325 g/mol. The first kappa shape index (κ1) is 15.2. The van der Waals surface area contributed by atoms with Gasteiger partial charge in [-0.3, -0.25) is 0 Å². The molecule has 6 nitrogen and oxygen atoms in total. The third kappa shape index (κ3) is 2.89. The highest BCUT2D eigenvalue weighted by molar-refractivity contribution is 5.66. The minimum absolute atomic E-state index is 0.313. The summed E-state index contributed by atoms with van der Waals surface area (Å²) in [5.74, 6) is 2.74. The Kier molecular flexibility index (Phi) is 3.98. The maximum atomic E-state index is 5.99. The molecule has 1 aromatic carbocycles. The van der Waals surface area contributed by atoms with Crippen LogP contribution in [-0.2, 0) is 0 Å². The molecule has 0 amide bonds. The summed E-state index contributed by atoms with van der Waals surface area (Å²) in [4.78, 5) is 11.2. The zero-order valence-electron chi connectivity index (χ0n) is 13.9. The largest absolute Gasteiger partial charge is 0.497 e. The van der Waals surface area contributed by atoms with Crippen LogP contribution in [0.4, 0.5) is 11.8 Å². The molecule has 24 heavy (non-hydrogen) atoms. The molecule has 2 aliphatic rings. The first-order chi connectivity index (χ1) is 11.7. The average molecular weight is 325 g/mol. The topological polar surface area (TPSA) is 76.3 Å². The van der Waals surface area contributed by atoms with E-state index in [4.69, 9.17) is 10.5 Å². The number of nitrogens with zero attached hydrogens (tertiary/aromatic N) is 3. The number of anilines is 2. The van der Waals surface area contributed by atoms with Gasteiger partial charge < -0.3 is 20.7 Å². The lowest BCUT2D eigenvalue weighted by atomic mass is 9.94. The number of hydrogen-bond acceptors (Lipinski definition) is 6. The highest BCUT2D eigenvalue weighted by Gasteiger charge is 2.35. The van der Waals surface area contributed by atoms with E-state index in [1.165, 1.54) is 12.8 Å². The number of nitrogen functional groups attached to an aromatic ring is 1. The van der Waals surface area contributed by atoms with Crippen molar-refractivity contribution in [3.8, 4) is 17.0 Å². The summed E-state index contributed by atoms with van der Waals surface area (Å²) in [5.41, 5.74) is 7.80. The summed E-state index contributed by atoms with van der Waals surface area (Å²) in [6.45, 7) is 3.14. The zero-order valence-corrected chi connectivity index (χ0v) is 13.9. The second-order valence-corrected chi connectivity index (χ2v) is 6.57. The Morgan fingerprint density at radius 1 is 1.25 bits per heavy atom. The standard InChI is InChI=1S/C18H23N5O/c1-24-14-6-2-4-12(8-14)15-9-17(22-18(19)21-15)23-10-13-5-3-7-20-16(13)11-23/h2,4,6,8-9,13,16,20H,3,5,7,10-11H2,1H3,(H2,19,21,22). The highest BCUT2D eigenvalue weighted by atomic mass is 16.5. The highest BCUT2D eigenvalue weighted by Crippen LogP contribution is 2.31. The summed E-state index contributed by atoms with van der Waals surface area (Å²) in [6.07, 6.45) is 2.55. The van der Waals surface area contributed by atoms with Crippen molar-refractivity contribution in [1.82, 2.24) is 15.3 Å². The minimum Gasteiger partial charge on any atom is -0.497 e. The molecule has 0 saturated carbocycles. The van der Waals surface area contributed by atoms with E-state index in [0.717, 1.165) is 42.5 Å². The van der Waals surface area contributed by atoms with Gasteiger partial charge in [-0.2, -0.15) is 4.98 Å². The van der Waals surface area contributed by atoms with Gasteiger partial charge in [-0.25, -0.2) is 4.98 Å².